The lowest BCUT2D eigenvalue weighted by Crippen LogP contribution is -2.32. The Hall–Kier alpha value is -3.41. The molecule has 2 aromatic carbocycles. The number of aromatic nitrogens is 1. The molecule has 1 aliphatic heterocycles. The molecule has 0 spiro atoms. The first kappa shape index (κ1) is 21.4. The van der Waals surface area contributed by atoms with E-state index in [1.54, 1.807) is 11.1 Å². The summed E-state index contributed by atoms with van der Waals surface area (Å²) in [6, 6.07) is 13.5. The number of carbonyl (C=O) groups excluding carboxylic acids is 2. The van der Waals surface area contributed by atoms with Crippen LogP contribution < -0.4 is 5.32 Å². The van der Waals surface area contributed by atoms with Gasteiger partial charge in [0, 0.05) is 35.8 Å². The van der Waals surface area contributed by atoms with Gasteiger partial charge in [0.25, 0.3) is 11.8 Å². The molecule has 2 N–H and O–H groups in total. The van der Waals surface area contributed by atoms with Gasteiger partial charge in [-0.15, -0.1) is 0 Å². The summed E-state index contributed by atoms with van der Waals surface area (Å²) in [6.07, 6.45) is 8.27. The van der Waals surface area contributed by atoms with Crippen LogP contribution in [0.2, 0.25) is 0 Å². The van der Waals surface area contributed by atoms with Crippen molar-refractivity contribution >= 4 is 28.3 Å². The number of benzene rings is 2. The van der Waals surface area contributed by atoms with Gasteiger partial charge in [0.05, 0.1) is 11.3 Å². The lowest BCUT2D eigenvalue weighted by atomic mass is 9.89. The van der Waals surface area contributed by atoms with Crippen LogP contribution in [0, 0.1) is 11.7 Å². The first-order valence-corrected chi connectivity index (χ1v) is 11.8. The van der Waals surface area contributed by atoms with E-state index in [0.717, 1.165) is 35.0 Å². The van der Waals surface area contributed by atoms with E-state index in [0.29, 0.717) is 36.6 Å². The van der Waals surface area contributed by atoms with Gasteiger partial charge in [-0.25, -0.2) is 4.39 Å². The van der Waals surface area contributed by atoms with Crippen LogP contribution in [0.5, 0.6) is 0 Å². The van der Waals surface area contributed by atoms with E-state index in [-0.39, 0.29) is 17.6 Å². The zero-order valence-corrected chi connectivity index (χ0v) is 18.6. The number of para-hydroxylation sites is 1. The number of halogens is 1. The molecule has 1 fully saturated rings. The highest BCUT2D eigenvalue weighted by Gasteiger charge is 2.27. The molecule has 5 rings (SSSR count). The van der Waals surface area contributed by atoms with Gasteiger partial charge in [-0.1, -0.05) is 37.5 Å². The van der Waals surface area contributed by atoms with E-state index in [9.17, 15) is 14.0 Å². The average molecular weight is 446 g/mol. The van der Waals surface area contributed by atoms with Gasteiger partial charge >= 0.3 is 0 Å². The summed E-state index contributed by atoms with van der Waals surface area (Å²) in [7, 11) is 0. The lowest BCUT2D eigenvalue weighted by molar-refractivity contribution is -0.115. The molecule has 1 aliphatic carbocycles. The molecule has 170 valence electrons. The van der Waals surface area contributed by atoms with Crippen molar-refractivity contribution in [3.63, 3.8) is 0 Å². The third kappa shape index (κ3) is 4.42. The molecule has 3 aromatic rings. The Morgan fingerprint density at radius 1 is 1.03 bits per heavy atom. The maximum atomic E-state index is 13.4. The highest BCUT2D eigenvalue weighted by molar-refractivity contribution is 6.21. The fourth-order valence-electron chi connectivity index (χ4n) is 5.02. The zero-order valence-electron chi connectivity index (χ0n) is 18.6. The molecule has 1 aromatic heterocycles. The van der Waals surface area contributed by atoms with E-state index in [1.807, 2.05) is 24.3 Å². The van der Waals surface area contributed by atoms with E-state index < -0.39 is 0 Å². The summed E-state index contributed by atoms with van der Waals surface area (Å²) >= 11 is 0. The van der Waals surface area contributed by atoms with Crippen molar-refractivity contribution in [2.75, 3.05) is 13.1 Å². The standard InChI is InChI=1S/C27H28FN3O2/c28-20-12-10-19(11-13-20)27(33)31-15-14-22-21-8-4-5-9-24(21)30-25(22)23(17-31)26(32)29-16-18-6-2-1-3-7-18/h4-5,8-13,17-18,30H,1-3,6-7,14-16H2,(H,29,32). The summed E-state index contributed by atoms with van der Waals surface area (Å²) in [4.78, 5) is 31.6. The number of amides is 2. The number of hydrogen-bond donors (Lipinski definition) is 2. The Balaban J connectivity index is 1.48. The zero-order chi connectivity index (χ0) is 22.8. The molecule has 33 heavy (non-hydrogen) atoms. The fraction of sp³-hybridized carbons (Fsp3) is 0.333. The van der Waals surface area contributed by atoms with Gasteiger partial charge in [-0.2, -0.15) is 0 Å². The molecule has 1 saturated carbocycles. The van der Waals surface area contributed by atoms with E-state index >= 15 is 0 Å². The van der Waals surface area contributed by atoms with Gasteiger partial charge in [0.1, 0.15) is 5.82 Å². The van der Waals surface area contributed by atoms with Crippen LogP contribution in [0.3, 0.4) is 0 Å². The van der Waals surface area contributed by atoms with Crippen molar-refractivity contribution in [2.45, 2.75) is 38.5 Å². The molecule has 0 bridgehead atoms. The number of rotatable bonds is 4. The molecule has 0 saturated heterocycles. The number of H-pyrrole nitrogens is 1. The maximum Gasteiger partial charge on any atom is 0.257 e. The van der Waals surface area contributed by atoms with Crippen molar-refractivity contribution in [2.24, 2.45) is 5.92 Å². The van der Waals surface area contributed by atoms with Crippen LogP contribution in [0.4, 0.5) is 4.39 Å². The van der Waals surface area contributed by atoms with Crippen LogP contribution >= 0.6 is 0 Å². The Labute approximate surface area is 192 Å². The smallest absolute Gasteiger partial charge is 0.257 e. The average Bonchev–Trinajstić information content (AvgIpc) is 3.11. The predicted molar refractivity (Wildman–Crippen MR) is 127 cm³/mol. The normalized spacial score (nSPS) is 16.8. The van der Waals surface area contributed by atoms with Gasteiger partial charge in [0.2, 0.25) is 0 Å². The van der Waals surface area contributed by atoms with E-state index in [4.69, 9.17) is 0 Å². The topological polar surface area (TPSA) is 65.2 Å². The number of aromatic amines is 1. The third-order valence-electron chi connectivity index (χ3n) is 6.84. The first-order chi connectivity index (χ1) is 16.1. The number of nitrogens with one attached hydrogen (secondary N) is 2. The Morgan fingerprint density at radius 2 is 1.79 bits per heavy atom. The molecule has 0 radical (unpaired) electrons. The van der Waals surface area contributed by atoms with Crippen molar-refractivity contribution < 1.29 is 14.0 Å². The molecule has 0 atom stereocenters. The Bertz CT molecular complexity index is 1210. The molecule has 2 heterocycles. The molecule has 2 amide bonds. The molecule has 6 heteroatoms. The second-order valence-electron chi connectivity index (χ2n) is 9.04. The maximum absolute atomic E-state index is 13.4. The summed E-state index contributed by atoms with van der Waals surface area (Å²) in [5.74, 6) is -0.301. The summed E-state index contributed by atoms with van der Waals surface area (Å²) in [5, 5.41) is 4.19. The predicted octanol–water partition coefficient (Wildman–Crippen LogP) is 5.04. The number of nitrogens with zero attached hydrogens (tertiary/aromatic N) is 1. The molecule has 0 unspecified atom stereocenters. The van der Waals surface area contributed by atoms with Crippen molar-refractivity contribution in [1.82, 2.24) is 15.2 Å². The van der Waals surface area contributed by atoms with Crippen LogP contribution in [0.1, 0.15) is 53.7 Å². The first-order valence-electron chi connectivity index (χ1n) is 11.8. The van der Waals surface area contributed by atoms with Crippen molar-refractivity contribution in [1.29, 1.82) is 0 Å². The van der Waals surface area contributed by atoms with Gasteiger partial charge in [-0.3, -0.25) is 9.59 Å². The quantitative estimate of drug-likeness (QED) is 0.591. The van der Waals surface area contributed by atoms with Crippen LogP contribution in [-0.4, -0.2) is 34.8 Å². The monoisotopic (exact) mass is 445 g/mol. The summed E-state index contributed by atoms with van der Waals surface area (Å²) in [5.41, 5.74) is 3.65. The van der Waals surface area contributed by atoms with Crippen LogP contribution in [-0.2, 0) is 11.2 Å². The lowest BCUT2D eigenvalue weighted by Gasteiger charge is -2.22. The van der Waals surface area contributed by atoms with Gasteiger partial charge < -0.3 is 15.2 Å². The second kappa shape index (κ2) is 9.22. The molecular formula is C27H28FN3O2. The summed E-state index contributed by atoms with van der Waals surface area (Å²) in [6.45, 7) is 1.09. The minimum Gasteiger partial charge on any atom is -0.354 e. The molecule has 5 nitrogen and oxygen atoms in total. The third-order valence-corrected chi connectivity index (χ3v) is 6.84. The molecule has 2 aliphatic rings. The van der Waals surface area contributed by atoms with E-state index in [2.05, 4.69) is 10.3 Å². The van der Waals surface area contributed by atoms with E-state index in [1.165, 1.54) is 43.5 Å². The SMILES string of the molecule is O=C(NCC1CCCCC1)C1=CN(C(=O)c2ccc(F)cc2)CCc2c1[nH]c1ccccc21. The van der Waals surface area contributed by atoms with Crippen LogP contribution in [0.25, 0.3) is 16.5 Å². The number of fused-ring (bicyclic) bond motifs is 3. The number of hydrogen-bond acceptors (Lipinski definition) is 2. The van der Waals surface area contributed by atoms with Crippen molar-refractivity contribution in [3.8, 4) is 0 Å². The highest BCUT2D eigenvalue weighted by Crippen LogP contribution is 2.31. The molecular weight excluding hydrogens is 417 g/mol. The summed E-state index contributed by atoms with van der Waals surface area (Å²) < 4.78 is 13.4. The second-order valence-corrected chi connectivity index (χ2v) is 9.04. The largest absolute Gasteiger partial charge is 0.354 e. The van der Waals surface area contributed by atoms with Gasteiger partial charge in [-0.05, 0) is 61.1 Å². The minimum atomic E-state index is -0.387. The van der Waals surface area contributed by atoms with Crippen LogP contribution in [0.15, 0.2) is 54.7 Å². The van der Waals surface area contributed by atoms with Gasteiger partial charge in [0.15, 0.2) is 0 Å². The minimum absolute atomic E-state index is 0.174. The number of carbonyl (C=O) groups is 2. The fourth-order valence-corrected chi connectivity index (χ4v) is 5.02. The Morgan fingerprint density at radius 3 is 2.58 bits per heavy atom. The highest BCUT2D eigenvalue weighted by atomic mass is 19.1. The van der Waals surface area contributed by atoms with Crippen molar-refractivity contribution in [3.05, 3.63) is 77.4 Å². The Kier molecular flexibility index (Phi) is 5.99.